The van der Waals surface area contributed by atoms with Crippen LogP contribution in [0.25, 0.3) is 5.03 Å². The van der Waals surface area contributed by atoms with Crippen LogP contribution >= 0.6 is 11.6 Å². The number of benzene rings is 1. The van der Waals surface area contributed by atoms with E-state index in [-0.39, 0.29) is 0 Å². The fourth-order valence-corrected chi connectivity index (χ4v) is 1.07. The number of hydrogen-bond donors (Lipinski definition) is 1. The van der Waals surface area contributed by atoms with Gasteiger partial charge < -0.3 is 5.73 Å². The SMILES string of the molecule is C=C(Cl)c1cc(C)ccc1N. The summed E-state index contributed by atoms with van der Waals surface area (Å²) in [6, 6.07) is 5.70. The van der Waals surface area contributed by atoms with Crippen molar-refractivity contribution >= 4 is 22.3 Å². The molecule has 0 radical (unpaired) electrons. The molecule has 58 valence electrons. The summed E-state index contributed by atoms with van der Waals surface area (Å²) in [5.41, 5.74) is 8.28. The van der Waals surface area contributed by atoms with E-state index in [1.165, 1.54) is 0 Å². The van der Waals surface area contributed by atoms with Gasteiger partial charge in [-0.25, -0.2) is 0 Å². The molecule has 0 bridgehead atoms. The number of aryl methyl sites for hydroxylation is 1. The molecule has 0 aromatic heterocycles. The van der Waals surface area contributed by atoms with Gasteiger partial charge in [0.25, 0.3) is 0 Å². The molecule has 0 saturated carbocycles. The quantitative estimate of drug-likeness (QED) is 0.640. The molecule has 2 heteroatoms. The Kier molecular flexibility index (Phi) is 2.20. The minimum absolute atomic E-state index is 0.492. The van der Waals surface area contributed by atoms with Gasteiger partial charge in [-0.15, -0.1) is 0 Å². The van der Waals surface area contributed by atoms with E-state index in [1.54, 1.807) is 0 Å². The molecule has 0 spiro atoms. The van der Waals surface area contributed by atoms with Gasteiger partial charge in [0.2, 0.25) is 0 Å². The maximum Gasteiger partial charge on any atom is 0.0427 e. The first-order chi connectivity index (χ1) is 5.11. The highest BCUT2D eigenvalue weighted by Crippen LogP contribution is 2.23. The number of halogens is 1. The third-order valence-electron chi connectivity index (χ3n) is 1.50. The minimum Gasteiger partial charge on any atom is -0.398 e. The predicted octanol–water partition coefficient (Wildman–Crippen LogP) is 2.79. The Morgan fingerprint density at radius 1 is 1.55 bits per heavy atom. The molecular formula is C9H10ClN. The molecule has 0 heterocycles. The highest BCUT2D eigenvalue weighted by Gasteiger charge is 1.99. The summed E-state index contributed by atoms with van der Waals surface area (Å²) >= 11 is 5.71. The molecular weight excluding hydrogens is 158 g/mol. The fourth-order valence-electron chi connectivity index (χ4n) is 0.905. The normalized spacial score (nSPS) is 9.64. The topological polar surface area (TPSA) is 26.0 Å². The zero-order valence-electron chi connectivity index (χ0n) is 6.39. The average molecular weight is 168 g/mol. The lowest BCUT2D eigenvalue weighted by Gasteiger charge is -2.03. The van der Waals surface area contributed by atoms with Crippen molar-refractivity contribution in [2.75, 3.05) is 5.73 Å². The van der Waals surface area contributed by atoms with Crippen LogP contribution in [-0.4, -0.2) is 0 Å². The zero-order valence-corrected chi connectivity index (χ0v) is 7.15. The van der Waals surface area contributed by atoms with Crippen LogP contribution in [0.2, 0.25) is 0 Å². The van der Waals surface area contributed by atoms with Crippen molar-refractivity contribution in [1.82, 2.24) is 0 Å². The third-order valence-corrected chi connectivity index (χ3v) is 1.70. The molecule has 0 atom stereocenters. The number of hydrogen-bond acceptors (Lipinski definition) is 1. The summed E-state index contributed by atoms with van der Waals surface area (Å²) in [6.45, 7) is 5.60. The predicted molar refractivity (Wildman–Crippen MR) is 50.5 cm³/mol. The van der Waals surface area contributed by atoms with Gasteiger partial charge in [-0.05, 0) is 19.1 Å². The van der Waals surface area contributed by atoms with Crippen LogP contribution in [0.3, 0.4) is 0 Å². The van der Waals surface area contributed by atoms with Crippen LogP contribution in [0.4, 0.5) is 5.69 Å². The molecule has 0 amide bonds. The first-order valence-corrected chi connectivity index (χ1v) is 3.70. The lowest BCUT2D eigenvalue weighted by Crippen LogP contribution is -1.90. The molecule has 2 N–H and O–H groups in total. The summed E-state index contributed by atoms with van der Waals surface area (Å²) in [6.07, 6.45) is 0. The number of rotatable bonds is 1. The van der Waals surface area contributed by atoms with Crippen LogP contribution < -0.4 is 5.73 Å². The second kappa shape index (κ2) is 2.97. The van der Waals surface area contributed by atoms with Crippen LogP contribution in [-0.2, 0) is 0 Å². The van der Waals surface area contributed by atoms with Gasteiger partial charge in [0.1, 0.15) is 0 Å². The molecule has 1 nitrogen and oxygen atoms in total. The van der Waals surface area contributed by atoms with Crippen molar-refractivity contribution in [3.05, 3.63) is 35.9 Å². The molecule has 1 aromatic rings. The third kappa shape index (κ3) is 1.75. The van der Waals surface area contributed by atoms with E-state index in [2.05, 4.69) is 6.58 Å². The number of nitrogens with two attached hydrogens (primary N) is 1. The van der Waals surface area contributed by atoms with Crippen LogP contribution in [0, 0.1) is 6.92 Å². The van der Waals surface area contributed by atoms with Crippen molar-refractivity contribution in [2.24, 2.45) is 0 Å². The molecule has 0 aliphatic carbocycles. The van der Waals surface area contributed by atoms with E-state index >= 15 is 0 Å². The molecule has 0 fully saturated rings. The second-order valence-electron chi connectivity index (χ2n) is 2.50. The van der Waals surface area contributed by atoms with Gasteiger partial charge in [-0.1, -0.05) is 29.8 Å². The Bertz CT molecular complexity index is 292. The standard InChI is InChI=1S/C9H10ClN/c1-6-3-4-9(11)8(5-6)7(2)10/h3-5H,2,11H2,1H3. The summed E-state index contributed by atoms with van der Waals surface area (Å²) in [5, 5.41) is 0.492. The van der Waals surface area contributed by atoms with Crippen LogP contribution in [0.5, 0.6) is 0 Å². The lowest BCUT2D eigenvalue weighted by molar-refractivity contribution is 1.46. The van der Waals surface area contributed by atoms with E-state index in [0.29, 0.717) is 10.7 Å². The van der Waals surface area contributed by atoms with Crippen molar-refractivity contribution < 1.29 is 0 Å². The highest BCUT2D eigenvalue weighted by atomic mass is 35.5. The summed E-state index contributed by atoms with van der Waals surface area (Å²) < 4.78 is 0. The molecule has 0 aliphatic rings. The fraction of sp³-hybridized carbons (Fsp3) is 0.111. The molecule has 0 unspecified atom stereocenters. The Hall–Kier alpha value is -0.950. The van der Waals surface area contributed by atoms with Crippen molar-refractivity contribution in [2.45, 2.75) is 6.92 Å². The Morgan fingerprint density at radius 2 is 2.18 bits per heavy atom. The first-order valence-electron chi connectivity index (χ1n) is 3.32. The van der Waals surface area contributed by atoms with Gasteiger partial charge in [0.15, 0.2) is 0 Å². The molecule has 11 heavy (non-hydrogen) atoms. The van der Waals surface area contributed by atoms with Gasteiger partial charge in [0.05, 0.1) is 0 Å². The second-order valence-corrected chi connectivity index (χ2v) is 2.95. The summed E-state index contributed by atoms with van der Waals surface area (Å²) in [4.78, 5) is 0. The molecule has 1 aromatic carbocycles. The van der Waals surface area contributed by atoms with E-state index in [0.717, 1.165) is 11.1 Å². The van der Waals surface area contributed by atoms with E-state index in [1.807, 2.05) is 25.1 Å². The monoisotopic (exact) mass is 167 g/mol. The van der Waals surface area contributed by atoms with Crippen molar-refractivity contribution in [3.8, 4) is 0 Å². The van der Waals surface area contributed by atoms with E-state index in [4.69, 9.17) is 17.3 Å². The number of nitrogen functional groups attached to an aromatic ring is 1. The Morgan fingerprint density at radius 3 is 2.64 bits per heavy atom. The number of anilines is 1. The van der Waals surface area contributed by atoms with Crippen LogP contribution in [0.15, 0.2) is 24.8 Å². The first kappa shape index (κ1) is 8.15. The summed E-state index contributed by atoms with van der Waals surface area (Å²) in [7, 11) is 0. The molecule has 1 rings (SSSR count). The van der Waals surface area contributed by atoms with E-state index < -0.39 is 0 Å². The maximum absolute atomic E-state index is 5.71. The highest BCUT2D eigenvalue weighted by molar-refractivity contribution is 6.48. The van der Waals surface area contributed by atoms with Crippen molar-refractivity contribution in [3.63, 3.8) is 0 Å². The van der Waals surface area contributed by atoms with Gasteiger partial charge in [-0.3, -0.25) is 0 Å². The smallest absolute Gasteiger partial charge is 0.0427 e. The zero-order chi connectivity index (χ0) is 8.43. The minimum atomic E-state index is 0.492. The lowest BCUT2D eigenvalue weighted by atomic mass is 10.1. The maximum atomic E-state index is 5.71. The van der Waals surface area contributed by atoms with Crippen LogP contribution in [0.1, 0.15) is 11.1 Å². The van der Waals surface area contributed by atoms with Gasteiger partial charge in [0, 0.05) is 16.3 Å². The van der Waals surface area contributed by atoms with Gasteiger partial charge in [-0.2, -0.15) is 0 Å². The average Bonchev–Trinajstić information content (AvgIpc) is 1.94. The Balaban J connectivity index is 3.23. The summed E-state index contributed by atoms with van der Waals surface area (Å²) in [5.74, 6) is 0. The molecule has 0 saturated heterocycles. The van der Waals surface area contributed by atoms with E-state index in [9.17, 15) is 0 Å². The van der Waals surface area contributed by atoms with Crippen molar-refractivity contribution in [1.29, 1.82) is 0 Å². The Labute approximate surface area is 71.5 Å². The molecule has 0 aliphatic heterocycles. The largest absolute Gasteiger partial charge is 0.398 e. The van der Waals surface area contributed by atoms with Gasteiger partial charge >= 0.3 is 0 Å².